The van der Waals surface area contributed by atoms with E-state index in [1.54, 1.807) is 0 Å². The molecular formula is C15H11ClF3N3O5. The Morgan fingerprint density at radius 3 is 2.56 bits per heavy atom. The lowest BCUT2D eigenvalue weighted by molar-refractivity contribution is -0.148. The fourth-order valence-electron chi connectivity index (χ4n) is 1.96. The number of hydrogen-bond donors (Lipinski definition) is 2. The van der Waals surface area contributed by atoms with Gasteiger partial charge in [-0.3, -0.25) is 23.9 Å². The number of benzene rings is 1. The van der Waals surface area contributed by atoms with E-state index in [4.69, 9.17) is 11.6 Å². The van der Waals surface area contributed by atoms with E-state index in [0.717, 1.165) is 35.0 Å². The Hall–Kier alpha value is -3.08. The normalized spacial score (nSPS) is 11.1. The summed E-state index contributed by atoms with van der Waals surface area (Å²) in [5, 5.41) is 1.60. The summed E-state index contributed by atoms with van der Waals surface area (Å²) in [4.78, 5) is 47.7. The highest BCUT2D eigenvalue weighted by molar-refractivity contribution is 6.34. The number of nitrogens with zero attached hydrogens (tertiary/aromatic N) is 1. The molecule has 2 rings (SSSR count). The number of ether oxygens (including phenoxy) is 1. The lowest BCUT2D eigenvalue weighted by Gasteiger charge is -2.15. The zero-order valence-electron chi connectivity index (χ0n) is 13.3. The van der Waals surface area contributed by atoms with Crippen molar-refractivity contribution in [2.45, 2.75) is 12.7 Å². The molecule has 1 heterocycles. The second kappa shape index (κ2) is 8.08. The molecule has 144 valence electrons. The molecule has 0 atom stereocenters. The van der Waals surface area contributed by atoms with Crippen LogP contribution in [0.4, 0.5) is 18.9 Å². The van der Waals surface area contributed by atoms with E-state index in [2.05, 4.69) is 4.74 Å². The first kappa shape index (κ1) is 20.2. The van der Waals surface area contributed by atoms with Gasteiger partial charge in [0.1, 0.15) is 6.54 Å². The van der Waals surface area contributed by atoms with Crippen LogP contribution in [-0.4, -0.2) is 28.0 Å². The third-order valence-electron chi connectivity index (χ3n) is 3.14. The molecule has 27 heavy (non-hydrogen) atoms. The van der Waals surface area contributed by atoms with Crippen LogP contribution in [0.3, 0.4) is 0 Å². The van der Waals surface area contributed by atoms with E-state index in [-0.39, 0.29) is 5.02 Å². The van der Waals surface area contributed by atoms with Gasteiger partial charge in [-0.05, 0) is 12.1 Å². The summed E-state index contributed by atoms with van der Waals surface area (Å²) < 4.78 is 44.3. The van der Waals surface area contributed by atoms with Crippen LogP contribution in [0.1, 0.15) is 5.56 Å². The number of amides is 1. The molecule has 0 fully saturated rings. The van der Waals surface area contributed by atoms with Gasteiger partial charge >= 0.3 is 17.8 Å². The standard InChI is InChI=1S/C15H11ClF3N3O5/c16-9-3-1-2-8(15(17,18)19)13(9)20-11(24)7-27-12(25)6-22-5-4-10(23)21-14(22)26/h1-5H,6-7H2,(H,20,24)(H,21,23,26). The Balaban J connectivity index is 2.00. The van der Waals surface area contributed by atoms with Crippen molar-refractivity contribution in [3.63, 3.8) is 0 Å². The number of nitrogens with one attached hydrogen (secondary N) is 2. The molecule has 8 nitrogen and oxygen atoms in total. The molecule has 0 saturated carbocycles. The predicted molar refractivity (Wildman–Crippen MR) is 87.4 cm³/mol. The van der Waals surface area contributed by atoms with Crippen LogP contribution in [0.2, 0.25) is 5.02 Å². The highest BCUT2D eigenvalue weighted by atomic mass is 35.5. The highest BCUT2D eigenvalue weighted by Crippen LogP contribution is 2.38. The number of carbonyl (C=O) groups excluding carboxylic acids is 2. The number of aromatic nitrogens is 2. The fraction of sp³-hybridized carbons (Fsp3) is 0.200. The zero-order valence-corrected chi connectivity index (χ0v) is 14.1. The molecule has 0 aliphatic heterocycles. The lowest BCUT2D eigenvalue weighted by Crippen LogP contribution is -2.32. The van der Waals surface area contributed by atoms with Crippen molar-refractivity contribution in [2.24, 2.45) is 0 Å². The number of anilines is 1. The molecule has 1 amide bonds. The Labute approximate surface area is 153 Å². The third kappa shape index (κ3) is 5.45. The first-order valence-electron chi connectivity index (χ1n) is 7.19. The molecule has 2 aromatic rings. The summed E-state index contributed by atoms with van der Waals surface area (Å²) in [5.74, 6) is -2.08. The van der Waals surface area contributed by atoms with E-state index in [0.29, 0.717) is 0 Å². The molecule has 1 aromatic heterocycles. The summed E-state index contributed by atoms with van der Waals surface area (Å²) in [5.41, 5.74) is -3.35. The van der Waals surface area contributed by atoms with Gasteiger partial charge in [0.15, 0.2) is 6.61 Å². The molecule has 2 N–H and O–H groups in total. The maximum atomic E-state index is 12.9. The number of alkyl halides is 3. The van der Waals surface area contributed by atoms with Gasteiger partial charge in [-0.2, -0.15) is 13.2 Å². The van der Waals surface area contributed by atoms with E-state index >= 15 is 0 Å². The number of esters is 1. The minimum Gasteiger partial charge on any atom is -0.454 e. The number of halogens is 4. The minimum atomic E-state index is -4.75. The van der Waals surface area contributed by atoms with Crippen molar-refractivity contribution < 1.29 is 27.5 Å². The average molecular weight is 406 g/mol. The van der Waals surface area contributed by atoms with E-state index in [9.17, 15) is 32.3 Å². The van der Waals surface area contributed by atoms with Gasteiger partial charge in [0, 0.05) is 12.3 Å². The maximum absolute atomic E-state index is 12.9. The molecule has 0 radical (unpaired) electrons. The predicted octanol–water partition coefficient (Wildman–Crippen LogP) is 1.39. The summed E-state index contributed by atoms with van der Waals surface area (Å²) in [6.07, 6.45) is -3.71. The summed E-state index contributed by atoms with van der Waals surface area (Å²) in [6, 6.07) is 3.96. The van der Waals surface area contributed by atoms with Gasteiger partial charge in [0.2, 0.25) is 0 Å². The second-order valence-electron chi connectivity index (χ2n) is 5.11. The van der Waals surface area contributed by atoms with Crippen molar-refractivity contribution in [3.05, 3.63) is 61.9 Å². The van der Waals surface area contributed by atoms with Gasteiger partial charge in [-0.25, -0.2) is 4.79 Å². The van der Waals surface area contributed by atoms with Crippen LogP contribution >= 0.6 is 11.6 Å². The maximum Gasteiger partial charge on any atom is 0.418 e. The van der Waals surface area contributed by atoms with Gasteiger partial charge in [-0.1, -0.05) is 17.7 Å². The Morgan fingerprint density at radius 2 is 1.93 bits per heavy atom. The number of hydrogen-bond acceptors (Lipinski definition) is 5. The van der Waals surface area contributed by atoms with Crippen LogP contribution < -0.4 is 16.6 Å². The van der Waals surface area contributed by atoms with Crippen molar-refractivity contribution >= 4 is 29.2 Å². The number of H-pyrrole nitrogens is 1. The van der Waals surface area contributed by atoms with E-state index < -0.39 is 53.7 Å². The molecule has 0 spiro atoms. The van der Waals surface area contributed by atoms with Crippen LogP contribution in [0.25, 0.3) is 0 Å². The topological polar surface area (TPSA) is 110 Å². The van der Waals surface area contributed by atoms with Crippen molar-refractivity contribution in [2.75, 3.05) is 11.9 Å². The van der Waals surface area contributed by atoms with E-state index in [1.807, 2.05) is 10.3 Å². The van der Waals surface area contributed by atoms with Crippen LogP contribution in [-0.2, 0) is 27.0 Å². The van der Waals surface area contributed by atoms with Crippen LogP contribution in [0.15, 0.2) is 40.1 Å². The minimum absolute atomic E-state index is 0.343. The Bertz CT molecular complexity index is 984. The second-order valence-corrected chi connectivity index (χ2v) is 5.51. The first-order chi connectivity index (χ1) is 12.6. The molecule has 0 aliphatic carbocycles. The third-order valence-corrected chi connectivity index (χ3v) is 3.46. The van der Waals surface area contributed by atoms with Crippen molar-refractivity contribution in [1.29, 1.82) is 0 Å². The monoisotopic (exact) mass is 405 g/mol. The molecule has 0 bridgehead atoms. The zero-order chi connectivity index (χ0) is 20.2. The summed E-state index contributed by atoms with van der Waals surface area (Å²) >= 11 is 5.69. The van der Waals surface area contributed by atoms with E-state index in [1.165, 1.54) is 0 Å². The van der Waals surface area contributed by atoms with Crippen molar-refractivity contribution in [3.8, 4) is 0 Å². The van der Waals surface area contributed by atoms with Gasteiger partial charge in [-0.15, -0.1) is 0 Å². The lowest BCUT2D eigenvalue weighted by atomic mass is 10.1. The number of rotatable bonds is 5. The molecular weight excluding hydrogens is 395 g/mol. The molecule has 0 aliphatic rings. The number of para-hydroxylation sites is 1. The van der Waals surface area contributed by atoms with Crippen molar-refractivity contribution in [1.82, 2.24) is 9.55 Å². The van der Waals surface area contributed by atoms with Gasteiger partial charge < -0.3 is 10.1 Å². The largest absolute Gasteiger partial charge is 0.454 e. The van der Waals surface area contributed by atoms with Gasteiger partial charge in [0.25, 0.3) is 11.5 Å². The first-order valence-corrected chi connectivity index (χ1v) is 7.56. The quantitative estimate of drug-likeness (QED) is 0.730. The molecule has 0 unspecified atom stereocenters. The average Bonchev–Trinajstić information content (AvgIpc) is 2.56. The number of carbonyl (C=O) groups is 2. The fourth-order valence-corrected chi connectivity index (χ4v) is 2.18. The SMILES string of the molecule is O=C(COC(=O)Cn1ccc(=O)[nH]c1=O)Nc1c(Cl)cccc1C(F)(F)F. The molecule has 12 heteroatoms. The smallest absolute Gasteiger partial charge is 0.418 e. The number of aromatic amines is 1. The van der Waals surface area contributed by atoms with Crippen LogP contribution in [0.5, 0.6) is 0 Å². The molecule has 1 aromatic carbocycles. The summed E-state index contributed by atoms with van der Waals surface area (Å²) in [6.45, 7) is -1.51. The van der Waals surface area contributed by atoms with Crippen LogP contribution in [0, 0.1) is 0 Å². The summed E-state index contributed by atoms with van der Waals surface area (Å²) in [7, 11) is 0. The Morgan fingerprint density at radius 1 is 1.22 bits per heavy atom. The van der Waals surface area contributed by atoms with Gasteiger partial charge in [0.05, 0.1) is 16.3 Å². The molecule has 0 saturated heterocycles. The highest BCUT2D eigenvalue weighted by Gasteiger charge is 2.34. The Kier molecular flexibility index (Phi) is 6.05.